The highest BCUT2D eigenvalue weighted by Gasteiger charge is 2.14. The molecule has 0 amide bonds. The quantitative estimate of drug-likeness (QED) is 0.0513. The Morgan fingerprint density at radius 3 is 1.56 bits per heavy atom. The Hall–Kier alpha value is -2.42. The first-order chi connectivity index (χ1) is 27.9. The predicted octanol–water partition coefficient (Wildman–Crippen LogP) is 12.5. The van der Waals surface area contributed by atoms with Crippen LogP contribution in [0.5, 0.6) is 0 Å². The summed E-state index contributed by atoms with van der Waals surface area (Å²) in [5, 5.41) is 0. The van der Waals surface area contributed by atoms with Crippen molar-refractivity contribution in [1.29, 1.82) is 0 Å². The number of nitrogens with zero attached hydrogens (tertiary/aromatic N) is 3. The lowest BCUT2D eigenvalue weighted by Crippen LogP contribution is -2.30. The number of ether oxygens (including phenoxy) is 2. The lowest BCUT2D eigenvalue weighted by Gasteiger charge is -2.22. The Morgan fingerprint density at radius 2 is 1.04 bits per heavy atom. The summed E-state index contributed by atoms with van der Waals surface area (Å²) in [5.74, 6) is 0.217. The molecule has 1 aromatic rings. The summed E-state index contributed by atoms with van der Waals surface area (Å²) in [6.07, 6.45) is 39.1. The number of aryl methyl sites for hydroxylation is 1. The lowest BCUT2D eigenvalue weighted by atomic mass is 10.0. The van der Waals surface area contributed by atoms with E-state index in [1.165, 1.54) is 103 Å². The first-order valence-corrected chi connectivity index (χ1v) is 24.3. The van der Waals surface area contributed by atoms with Crippen molar-refractivity contribution in [3.63, 3.8) is 0 Å². The van der Waals surface area contributed by atoms with Gasteiger partial charge in [-0.25, -0.2) is 4.79 Å². The van der Waals surface area contributed by atoms with Gasteiger partial charge in [0.15, 0.2) is 0 Å². The number of carbonyl (C=O) groups is 2. The summed E-state index contributed by atoms with van der Waals surface area (Å²) in [5.41, 5.74) is 5.39. The number of esters is 2. The van der Waals surface area contributed by atoms with Crippen molar-refractivity contribution < 1.29 is 19.1 Å². The highest BCUT2D eigenvalue weighted by Crippen LogP contribution is 2.19. The van der Waals surface area contributed by atoms with Crippen molar-refractivity contribution in [2.24, 2.45) is 0 Å². The third kappa shape index (κ3) is 33.1. The fraction of sp³-hybridized carbons (Fsp3) is 0.875. The van der Waals surface area contributed by atoms with Crippen LogP contribution in [0.15, 0.2) is 17.1 Å². The second kappa shape index (κ2) is 39.1. The number of nitrogen functional groups attached to an aromatic ring is 1. The zero-order chi connectivity index (χ0) is 41.4. The Morgan fingerprint density at radius 1 is 0.596 bits per heavy atom. The van der Waals surface area contributed by atoms with Crippen LogP contribution in [0, 0.1) is 0 Å². The average molecular weight is 803 g/mol. The summed E-state index contributed by atoms with van der Waals surface area (Å²) < 4.78 is 13.1. The van der Waals surface area contributed by atoms with Crippen LogP contribution in [-0.4, -0.2) is 58.7 Å². The number of unbranched alkanes of at least 4 members (excludes halogenated alkanes) is 23. The van der Waals surface area contributed by atoms with E-state index in [2.05, 4.69) is 30.7 Å². The van der Waals surface area contributed by atoms with Crippen LogP contribution in [0.1, 0.15) is 233 Å². The second-order valence-electron chi connectivity index (χ2n) is 16.8. The standard InChI is InChI=1S/C48H90N4O5/c1-4-7-10-13-18-25-33-44(34-26-19-14-11-8-5-2)57-47(54)36-28-21-17-23-30-39-51(40-32-41-52-42-37-45(49)50-48(52)55)38-29-22-16-20-27-35-46(53)56-43-31-24-15-12-9-6-3/h37,42,44H,4-36,38-41,43H2,1-3H3,(H2,49,50,55). The summed E-state index contributed by atoms with van der Waals surface area (Å²) >= 11 is 0. The number of hydrogen-bond acceptors (Lipinski definition) is 8. The molecule has 0 aliphatic heterocycles. The summed E-state index contributed by atoms with van der Waals surface area (Å²) in [6, 6.07) is 1.68. The summed E-state index contributed by atoms with van der Waals surface area (Å²) in [7, 11) is 0. The van der Waals surface area contributed by atoms with Crippen LogP contribution in [0.25, 0.3) is 0 Å². The van der Waals surface area contributed by atoms with Gasteiger partial charge in [-0.3, -0.25) is 14.2 Å². The van der Waals surface area contributed by atoms with E-state index in [1.54, 1.807) is 16.8 Å². The van der Waals surface area contributed by atoms with Gasteiger partial charge in [-0.05, 0) is 89.9 Å². The van der Waals surface area contributed by atoms with Gasteiger partial charge in [-0.1, -0.05) is 156 Å². The number of carbonyl (C=O) groups excluding carboxylic acids is 2. The van der Waals surface area contributed by atoms with E-state index in [9.17, 15) is 14.4 Å². The Kier molecular flexibility index (Phi) is 36.0. The molecule has 9 heteroatoms. The maximum Gasteiger partial charge on any atom is 0.349 e. The molecule has 57 heavy (non-hydrogen) atoms. The summed E-state index contributed by atoms with van der Waals surface area (Å²) in [4.78, 5) is 43.6. The van der Waals surface area contributed by atoms with Crippen LogP contribution < -0.4 is 11.4 Å². The molecule has 9 nitrogen and oxygen atoms in total. The molecule has 0 radical (unpaired) electrons. The van der Waals surface area contributed by atoms with Gasteiger partial charge in [0, 0.05) is 25.6 Å². The minimum atomic E-state index is -0.289. The topological polar surface area (TPSA) is 117 Å². The minimum absolute atomic E-state index is 0.00183. The molecule has 0 aliphatic rings. The molecule has 0 unspecified atom stereocenters. The molecule has 1 heterocycles. The van der Waals surface area contributed by atoms with Crippen molar-refractivity contribution in [2.45, 2.75) is 245 Å². The third-order valence-corrected chi connectivity index (χ3v) is 11.3. The van der Waals surface area contributed by atoms with E-state index in [-0.39, 0.29) is 29.6 Å². The zero-order valence-corrected chi connectivity index (χ0v) is 37.6. The minimum Gasteiger partial charge on any atom is -0.466 e. The van der Waals surface area contributed by atoms with Crippen LogP contribution in [0.2, 0.25) is 0 Å². The van der Waals surface area contributed by atoms with Gasteiger partial charge in [0.05, 0.1) is 6.61 Å². The molecule has 0 saturated heterocycles. The van der Waals surface area contributed by atoms with Crippen LogP contribution in [0.3, 0.4) is 0 Å². The van der Waals surface area contributed by atoms with Gasteiger partial charge in [-0.15, -0.1) is 0 Å². The fourth-order valence-corrected chi connectivity index (χ4v) is 7.63. The molecule has 0 bridgehead atoms. The van der Waals surface area contributed by atoms with E-state index in [0.717, 1.165) is 116 Å². The van der Waals surface area contributed by atoms with Crippen molar-refractivity contribution in [1.82, 2.24) is 14.5 Å². The largest absolute Gasteiger partial charge is 0.466 e. The van der Waals surface area contributed by atoms with E-state index in [0.29, 0.717) is 26.0 Å². The van der Waals surface area contributed by atoms with Gasteiger partial charge < -0.3 is 20.1 Å². The van der Waals surface area contributed by atoms with E-state index in [4.69, 9.17) is 15.2 Å². The monoisotopic (exact) mass is 803 g/mol. The van der Waals surface area contributed by atoms with Gasteiger partial charge in [-0.2, -0.15) is 4.98 Å². The first-order valence-electron chi connectivity index (χ1n) is 24.3. The number of aromatic nitrogens is 2. The van der Waals surface area contributed by atoms with E-state index < -0.39 is 0 Å². The Balaban J connectivity index is 2.36. The van der Waals surface area contributed by atoms with Crippen molar-refractivity contribution in [3.05, 3.63) is 22.7 Å². The molecule has 0 spiro atoms. The molecule has 0 aromatic carbocycles. The Labute approximate surface area is 350 Å². The number of nitrogens with two attached hydrogens (primary N) is 1. The number of anilines is 1. The predicted molar refractivity (Wildman–Crippen MR) is 240 cm³/mol. The normalized spacial score (nSPS) is 11.5. The zero-order valence-electron chi connectivity index (χ0n) is 37.6. The molecular formula is C48H90N4O5. The van der Waals surface area contributed by atoms with Crippen LogP contribution >= 0.6 is 0 Å². The maximum absolute atomic E-state index is 12.8. The molecule has 0 aliphatic carbocycles. The van der Waals surface area contributed by atoms with E-state index >= 15 is 0 Å². The van der Waals surface area contributed by atoms with Crippen molar-refractivity contribution in [3.8, 4) is 0 Å². The third-order valence-electron chi connectivity index (χ3n) is 11.3. The lowest BCUT2D eigenvalue weighted by molar-refractivity contribution is -0.150. The SMILES string of the molecule is CCCCCCCCOC(=O)CCCCCCCN(CCCCCCCC(=O)OC(CCCCCCCC)CCCCCCCC)CCCn1ccc(N)nc1=O. The van der Waals surface area contributed by atoms with Crippen molar-refractivity contribution in [2.75, 3.05) is 32.0 Å². The second-order valence-corrected chi connectivity index (χ2v) is 16.8. The highest BCUT2D eigenvalue weighted by molar-refractivity contribution is 5.69. The van der Waals surface area contributed by atoms with Crippen molar-refractivity contribution >= 4 is 17.8 Å². The molecule has 332 valence electrons. The van der Waals surface area contributed by atoms with Gasteiger partial charge >= 0.3 is 17.6 Å². The van der Waals surface area contributed by atoms with Crippen LogP contribution in [-0.2, 0) is 25.6 Å². The fourth-order valence-electron chi connectivity index (χ4n) is 7.63. The molecule has 0 atom stereocenters. The number of rotatable bonds is 42. The molecule has 1 aromatic heterocycles. The van der Waals surface area contributed by atoms with Gasteiger partial charge in [0.25, 0.3) is 0 Å². The molecule has 0 fully saturated rings. The summed E-state index contributed by atoms with van der Waals surface area (Å²) in [6.45, 7) is 11.0. The maximum atomic E-state index is 12.8. The smallest absolute Gasteiger partial charge is 0.349 e. The van der Waals surface area contributed by atoms with E-state index in [1.807, 2.05) is 0 Å². The molecule has 1 rings (SSSR count). The highest BCUT2D eigenvalue weighted by atomic mass is 16.5. The molecule has 0 saturated carbocycles. The van der Waals surface area contributed by atoms with Gasteiger partial charge in [0.1, 0.15) is 11.9 Å². The van der Waals surface area contributed by atoms with Crippen LogP contribution in [0.4, 0.5) is 5.82 Å². The number of hydrogen-bond donors (Lipinski definition) is 1. The molecule has 2 N–H and O–H groups in total. The Bertz CT molecular complexity index is 1110. The molecular weight excluding hydrogens is 713 g/mol. The van der Waals surface area contributed by atoms with Gasteiger partial charge in [0.2, 0.25) is 0 Å². The average Bonchev–Trinajstić information content (AvgIpc) is 3.19. The first kappa shape index (κ1) is 52.6.